The number of aryl methyl sites for hydroxylation is 3. The van der Waals surface area contributed by atoms with E-state index in [0.29, 0.717) is 6.42 Å². The number of unbranched alkanes of at least 4 members (excludes halogenated alkanes) is 10. The summed E-state index contributed by atoms with van der Waals surface area (Å²) < 4.78 is 6.04. The van der Waals surface area contributed by atoms with Gasteiger partial charge in [0.2, 0.25) is 0 Å². The first-order chi connectivity index (χ1) is 12.1. The highest BCUT2D eigenvalue weighted by atomic mass is 16.4. The van der Waals surface area contributed by atoms with Gasteiger partial charge < -0.3 is 9.52 Å². The van der Waals surface area contributed by atoms with E-state index in [1.54, 1.807) is 0 Å². The van der Waals surface area contributed by atoms with Gasteiger partial charge in [0.25, 0.3) is 0 Å². The van der Waals surface area contributed by atoms with Crippen molar-refractivity contribution >= 4 is 5.97 Å². The number of hydrogen-bond donors (Lipinski definition) is 1. The van der Waals surface area contributed by atoms with E-state index >= 15 is 0 Å². The summed E-state index contributed by atoms with van der Waals surface area (Å²) in [7, 11) is 0. The Kier molecular flexibility index (Phi) is 12.2. The van der Waals surface area contributed by atoms with Crippen LogP contribution in [0.1, 0.15) is 107 Å². The van der Waals surface area contributed by atoms with Crippen LogP contribution in [0.4, 0.5) is 0 Å². The van der Waals surface area contributed by atoms with Crippen LogP contribution in [0.5, 0.6) is 0 Å². The van der Waals surface area contributed by atoms with E-state index in [9.17, 15) is 4.79 Å². The Morgan fingerprint density at radius 1 is 0.880 bits per heavy atom. The number of carboxylic acids is 1. The van der Waals surface area contributed by atoms with Crippen molar-refractivity contribution in [3.63, 3.8) is 0 Å². The molecule has 1 aromatic heterocycles. The molecule has 3 heteroatoms. The first-order valence-corrected chi connectivity index (χ1v) is 10.4. The van der Waals surface area contributed by atoms with Gasteiger partial charge in [-0.25, -0.2) is 0 Å². The minimum absolute atomic E-state index is 0.323. The number of carboxylic acid groups (broad SMARTS) is 1. The van der Waals surface area contributed by atoms with Gasteiger partial charge in [0, 0.05) is 19.3 Å². The van der Waals surface area contributed by atoms with Gasteiger partial charge in [0.05, 0.1) is 0 Å². The van der Waals surface area contributed by atoms with E-state index in [-0.39, 0.29) is 0 Å². The fourth-order valence-electron chi connectivity index (χ4n) is 3.31. The normalized spacial score (nSPS) is 11.1. The van der Waals surface area contributed by atoms with Crippen molar-refractivity contribution in [1.82, 2.24) is 0 Å². The fraction of sp³-hybridized carbons (Fsp3) is 0.773. The summed E-state index contributed by atoms with van der Waals surface area (Å²) in [5.74, 6) is 1.70. The van der Waals surface area contributed by atoms with Crippen LogP contribution in [0.3, 0.4) is 0 Å². The highest BCUT2D eigenvalue weighted by Gasteiger charge is 2.07. The van der Waals surface area contributed by atoms with E-state index in [1.165, 1.54) is 75.5 Å². The molecule has 3 nitrogen and oxygen atoms in total. The third kappa shape index (κ3) is 11.1. The van der Waals surface area contributed by atoms with Crippen LogP contribution < -0.4 is 0 Å². The monoisotopic (exact) mass is 350 g/mol. The summed E-state index contributed by atoms with van der Waals surface area (Å²) in [5.41, 5.74) is 1.33. The van der Waals surface area contributed by atoms with Crippen LogP contribution in [0.2, 0.25) is 0 Å². The van der Waals surface area contributed by atoms with Gasteiger partial charge in [-0.05, 0) is 37.8 Å². The minimum Gasteiger partial charge on any atom is -0.481 e. The van der Waals surface area contributed by atoms with Crippen molar-refractivity contribution in [3.8, 4) is 0 Å². The maximum absolute atomic E-state index is 10.4. The molecule has 0 bridgehead atoms. The topological polar surface area (TPSA) is 50.4 Å². The molecule has 0 aliphatic heterocycles. The molecule has 0 aromatic carbocycles. The van der Waals surface area contributed by atoms with Gasteiger partial charge in [0.15, 0.2) is 0 Å². The summed E-state index contributed by atoms with van der Waals surface area (Å²) in [6.45, 7) is 4.42. The second kappa shape index (κ2) is 14.0. The summed E-state index contributed by atoms with van der Waals surface area (Å²) in [6.07, 6.45) is 17.0. The molecule has 25 heavy (non-hydrogen) atoms. The summed E-state index contributed by atoms with van der Waals surface area (Å²) in [4.78, 5) is 10.4. The summed E-state index contributed by atoms with van der Waals surface area (Å²) in [6, 6.07) is 2.23. The van der Waals surface area contributed by atoms with Crippen molar-refractivity contribution in [3.05, 3.63) is 23.2 Å². The second-order valence-electron chi connectivity index (χ2n) is 7.35. The standard InChI is InChI=1S/C22H38O3/c1-3-4-5-13-16-21-19(2)18-20(25-21)15-12-10-8-6-7-9-11-14-17-22(23)24/h18H,3-17H2,1-2H3,(H,23,24). The SMILES string of the molecule is CCCCCCc1oc(CCCCCCCCCCC(=O)O)cc1C. The van der Waals surface area contributed by atoms with E-state index in [2.05, 4.69) is 19.9 Å². The molecule has 0 saturated heterocycles. The quantitative estimate of drug-likeness (QED) is 0.332. The molecular weight excluding hydrogens is 312 g/mol. The molecule has 0 fully saturated rings. The molecule has 0 spiro atoms. The van der Waals surface area contributed by atoms with Crippen LogP contribution >= 0.6 is 0 Å². The van der Waals surface area contributed by atoms with Crippen molar-refractivity contribution < 1.29 is 14.3 Å². The Hall–Kier alpha value is -1.25. The molecule has 0 amide bonds. The fourth-order valence-corrected chi connectivity index (χ4v) is 3.31. The number of hydrogen-bond acceptors (Lipinski definition) is 2. The third-order valence-electron chi connectivity index (χ3n) is 4.89. The maximum Gasteiger partial charge on any atom is 0.303 e. The average Bonchev–Trinajstić information content (AvgIpc) is 2.93. The summed E-state index contributed by atoms with van der Waals surface area (Å²) >= 11 is 0. The van der Waals surface area contributed by atoms with Gasteiger partial charge in [-0.15, -0.1) is 0 Å². The van der Waals surface area contributed by atoms with E-state index in [4.69, 9.17) is 9.52 Å². The van der Waals surface area contributed by atoms with Crippen LogP contribution in [-0.4, -0.2) is 11.1 Å². The molecular formula is C22H38O3. The molecule has 144 valence electrons. The second-order valence-corrected chi connectivity index (χ2v) is 7.35. The lowest BCUT2D eigenvalue weighted by Crippen LogP contribution is -1.93. The van der Waals surface area contributed by atoms with Gasteiger partial charge in [-0.1, -0.05) is 64.7 Å². The van der Waals surface area contributed by atoms with Gasteiger partial charge >= 0.3 is 5.97 Å². The number of rotatable bonds is 16. The van der Waals surface area contributed by atoms with Crippen molar-refractivity contribution in [2.45, 2.75) is 110 Å². The molecule has 0 unspecified atom stereocenters. The first kappa shape index (κ1) is 21.8. The number of aliphatic carboxylic acids is 1. The van der Waals surface area contributed by atoms with Gasteiger partial charge in [0.1, 0.15) is 11.5 Å². The predicted molar refractivity (Wildman–Crippen MR) is 104 cm³/mol. The summed E-state index contributed by atoms with van der Waals surface area (Å²) in [5, 5.41) is 8.58. The van der Waals surface area contributed by atoms with Gasteiger partial charge in [-0.3, -0.25) is 4.79 Å². The van der Waals surface area contributed by atoms with Crippen molar-refractivity contribution in [2.75, 3.05) is 0 Å². The van der Waals surface area contributed by atoms with E-state index in [0.717, 1.165) is 31.4 Å². The van der Waals surface area contributed by atoms with Crippen molar-refractivity contribution in [2.24, 2.45) is 0 Å². The highest BCUT2D eigenvalue weighted by Crippen LogP contribution is 2.20. The highest BCUT2D eigenvalue weighted by molar-refractivity contribution is 5.66. The molecule has 1 aromatic rings. The van der Waals surface area contributed by atoms with E-state index in [1.807, 2.05) is 0 Å². The molecule has 0 atom stereocenters. The van der Waals surface area contributed by atoms with Crippen LogP contribution in [0, 0.1) is 6.92 Å². The zero-order valence-electron chi connectivity index (χ0n) is 16.4. The molecule has 0 saturated carbocycles. The lowest BCUT2D eigenvalue weighted by molar-refractivity contribution is -0.137. The molecule has 0 radical (unpaired) electrons. The molecule has 1 rings (SSSR count). The Labute approximate surface area is 154 Å². The van der Waals surface area contributed by atoms with Crippen molar-refractivity contribution in [1.29, 1.82) is 0 Å². The smallest absolute Gasteiger partial charge is 0.303 e. The zero-order chi connectivity index (χ0) is 18.3. The average molecular weight is 351 g/mol. The Balaban J connectivity index is 2.02. The molecule has 1 heterocycles. The first-order valence-electron chi connectivity index (χ1n) is 10.4. The number of furan rings is 1. The van der Waals surface area contributed by atoms with Crippen LogP contribution in [0.15, 0.2) is 10.5 Å². The minimum atomic E-state index is -0.669. The zero-order valence-corrected chi connectivity index (χ0v) is 16.4. The van der Waals surface area contributed by atoms with Crippen LogP contribution in [-0.2, 0) is 17.6 Å². The van der Waals surface area contributed by atoms with E-state index < -0.39 is 5.97 Å². The van der Waals surface area contributed by atoms with Crippen LogP contribution in [0.25, 0.3) is 0 Å². The Morgan fingerprint density at radius 3 is 2.08 bits per heavy atom. The Bertz CT molecular complexity index is 462. The third-order valence-corrected chi connectivity index (χ3v) is 4.89. The lowest BCUT2D eigenvalue weighted by Gasteiger charge is -2.02. The maximum atomic E-state index is 10.4. The van der Waals surface area contributed by atoms with Gasteiger partial charge in [-0.2, -0.15) is 0 Å². The molecule has 0 aliphatic rings. The Morgan fingerprint density at radius 2 is 1.44 bits per heavy atom. The number of carbonyl (C=O) groups is 1. The lowest BCUT2D eigenvalue weighted by atomic mass is 10.1. The predicted octanol–water partition coefficient (Wildman–Crippen LogP) is 6.85. The molecule has 0 aliphatic carbocycles. The largest absolute Gasteiger partial charge is 0.481 e. The molecule has 1 N–H and O–H groups in total.